The lowest BCUT2D eigenvalue weighted by molar-refractivity contribution is -0.384. The zero-order valence-corrected chi connectivity index (χ0v) is 9.12. The van der Waals surface area contributed by atoms with Crippen molar-refractivity contribution in [3.05, 3.63) is 40.6 Å². The number of aliphatic carboxylic acids is 1. The van der Waals surface area contributed by atoms with Gasteiger partial charge in [-0.25, -0.2) is 0 Å². The second-order valence-corrected chi connectivity index (χ2v) is 3.15. The van der Waals surface area contributed by atoms with Crippen molar-refractivity contribution in [2.45, 2.75) is 13.3 Å². The number of nitrogens with zero attached hydrogens (tertiary/aromatic N) is 1. The molecule has 0 fully saturated rings. The second kappa shape index (κ2) is 5.64. The first-order valence-electron chi connectivity index (χ1n) is 4.88. The highest BCUT2D eigenvalue weighted by Crippen LogP contribution is 2.20. The summed E-state index contributed by atoms with van der Waals surface area (Å²) in [5, 5.41) is 18.8. The first-order chi connectivity index (χ1) is 8.04. The molecule has 2 aromatic rings. The first-order valence-corrected chi connectivity index (χ1v) is 4.88. The van der Waals surface area contributed by atoms with Crippen molar-refractivity contribution in [1.29, 1.82) is 0 Å². The van der Waals surface area contributed by atoms with E-state index < -0.39 is 10.9 Å². The Morgan fingerprint density at radius 1 is 1.47 bits per heavy atom. The van der Waals surface area contributed by atoms with E-state index in [0.717, 1.165) is 5.39 Å². The van der Waals surface area contributed by atoms with Crippen LogP contribution < -0.4 is 0 Å². The Hall–Kier alpha value is -2.37. The fraction of sp³-hybridized carbons (Fsp3) is 0.182. The minimum absolute atomic E-state index is 0.0869. The Bertz CT molecular complexity index is 531. The largest absolute Gasteiger partial charge is 0.481 e. The minimum atomic E-state index is -0.745. The fourth-order valence-corrected chi connectivity index (χ4v) is 1.07. The van der Waals surface area contributed by atoms with Gasteiger partial charge in [0.25, 0.3) is 5.69 Å². The van der Waals surface area contributed by atoms with Crippen LogP contribution in [-0.2, 0) is 4.79 Å². The van der Waals surface area contributed by atoms with Crippen LogP contribution in [0.15, 0.2) is 34.9 Å². The van der Waals surface area contributed by atoms with E-state index in [4.69, 9.17) is 9.52 Å². The summed E-state index contributed by atoms with van der Waals surface area (Å²) < 4.78 is 5.03. The van der Waals surface area contributed by atoms with Gasteiger partial charge in [0.2, 0.25) is 0 Å². The summed E-state index contributed by atoms with van der Waals surface area (Å²) in [6.07, 6.45) is 1.73. The summed E-state index contributed by atoms with van der Waals surface area (Å²) >= 11 is 0. The topological polar surface area (TPSA) is 93.6 Å². The third-order valence-electron chi connectivity index (χ3n) is 1.95. The highest BCUT2D eigenvalue weighted by atomic mass is 16.6. The molecule has 0 atom stereocenters. The summed E-state index contributed by atoms with van der Waals surface area (Å²) in [5.41, 5.74) is 0.754. The molecule has 0 aliphatic heterocycles. The van der Waals surface area contributed by atoms with E-state index in [2.05, 4.69) is 0 Å². The zero-order chi connectivity index (χ0) is 12.8. The van der Waals surface area contributed by atoms with E-state index in [0.29, 0.717) is 5.58 Å². The van der Waals surface area contributed by atoms with Gasteiger partial charge in [-0.1, -0.05) is 6.92 Å². The molecule has 0 amide bonds. The normalized spacial score (nSPS) is 9.47. The van der Waals surface area contributed by atoms with Crippen molar-refractivity contribution < 1.29 is 19.2 Å². The summed E-state index contributed by atoms with van der Waals surface area (Å²) in [4.78, 5) is 19.3. The van der Waals surface area contributed by atoms with Gasteiger partial charge in [-0.2, -0.15) is 0 Å². The van der Waals surface area contributed by atoms with Crippen molar-refractivity contribution >= 4 is 22.6 Å². The van der Waals surface area contributed by atoms with E-state index in [1.54, 1.807) is 19.1 Å². The van der Waals surface area contributed by atoms with Crippen LogP contribution in [0.1, 0.15) is 13.3 Å². The van der Waals surface area contributed by atoms with E-state index in [1.807, 2.05) is 0 Å². The van der Waals surface area contributed by atoms with Crippen LogP contribution in [-0.4, -0.2) is 16.0 Å². The molecule has 0 aliphatic rings. The summed E-state index contributed by atoms with van der Waals surface area (Å²) in [7, 11) is 0. The van der Waals surface area contributed by atoms with Gasteiger partial charge in [-0.3, -0.25) is 14.9 Å². The van der Waals surface area contributed by atoms with E-state index in [1.165, 1.54) is 18.4 Å². The molecule has 0 saturated heterocycles. The van der Waals surface area contributed by atoms with E-state index in [-0.39, 0.29) is 12.1 Å². The molecule has 0 spiro atoms. The smallest absolute Gasteiger partial charge is 0.303 e. The van der Waals surface area contributed by atoms with Gasteiger partial charge in [0.05, 0.1) is 11.2 Å². The molecule has 0 saturated carbocycles. The van der Waals surface area contributed by atoms with Gasteiger partial charge < -0.3 is 9.52 Å². The molecule has 0 aliphatic carbocycles. The van der Waals surface area contributed by atoms with Crippen LogP contribution in [0.5, 0.6) is 0 Å². The molecule has 1 heterocycles. The van der Waals surface area contributed by atoms with Crippen LogP contribution in [0.25, 0.3) is 11.0 Å². The maximum Gasteiger partial charge on any atom is 0.303 e. The van der Waals surface area contributed by atoms with Gasteiger partial charge in [-0.15, -0.1) is 0 Å². The average molecular weight is 237 g/mol. The quantitative estimate of drug-likeness (QED) is 0.640. The Morgan fingerprint density at radius 3 is 2.65 bits per heavy atom. The van der Waals surface area contributed by atoms with Crippen LogP contribution in [0.2, 0.25) is 0 Å². The number of carboxylic acids is 1. The average Bonchev–Trinajstić information content (AvgIpc) is 2.76. The standard InChI is InChI=1S/C8H5NO3.C3H6O2/c10-9(11)7-1-2-8-6(5-7)3-4-12-8;1-2-3(4)5/h1-5H;2H2,1H3,(H,4,5). The highest BCUT2D eigenvalue weighted by Gasteiger charge is 2.06. The number of fused-ring (bicyclic) bond motifs is 1. The number of carbonyl (C=O) groups is 1. The molecule has 17 heavy (non-hydrogen) atoms. The predicted octanol–water partition coefficient (Wildman–Crippen LogP) is 2.82. The monoisotopic (exact) mass is 237 g/mol. The van der Waals surface area contributed by atoms with Crippen LogP contribution in [0.4, 0.5) is 5.69 Å². The van der Waals surface area contributed by atoms with Crippen molar-refractivity contribution in [1.82, 2.24) is 0 Å². The molecule has 1 aromatic heterocycles. The van der Waals surface area contributed by atoms with E-state index >= 15 is 0 Å². The van der Waals surface area contributed by atoms with Crippen molar-refractivity contribution in [3.8, 4) is 0 Å². The second-order valence-electron chi connectivity index (χ2n) is 3.15. The molecular weight excluding hydrogens is 226 g/mol. The van der Waals surface area contributed by atoms with Gasteiger partial charge in [0, 0.05) is 23.9 Å². The zero-order valence-electron chi connectivity index (χ0n) is 9.12. The molecule has 1 N–H and O–H groups in total. The molecule has 2 rings (SSSR count). The molecular formula is C11H11NO5. The molecule has 0 bridgehead atoms. The van der Waals surface area contributed by atoms with Crippen molar-refractivity contribution in [2.75, 3.05) is 0 Å². The number of rotatable bonds is 2. The molecule has 6 heteroatoms. The number of hydrogen-bond acceptors (Lipinski definition) is 4. The predicted molar refractivity (Wildman–Crippen MR) is 60.8 cm³/mol. The molecule has 0 unspecified atom stereocenters. The minimum Gasteiger partial charge on any atom is -0.481 e. The number of furan rings is 1. The number of non-ortho nitro benzene ring substituents is 1. The molecule has 6 nitrogen and oxygen atoms in total. The molecule has 90 valence electrons. The lowest BCUT2D eigenvalue weighted by Gasteiger charge is -1.89. The van der Waals surface area contributed by atoms with Crippen molar-refractivity contribution in [2.24, 2.45) is 0 Å². The third-order valence-corrected chi connectivity index (χ3v) is 1.95. The summed E-state index contributed by atoms with van der Waals surface area (Å²) in [5.74, 6) is -0.745. The first kappa shape index (κ1) is 12.7. The van der Waals surface area contributed by atoms with Gasteiger partial charge >= 0.3 is 5.97 Å². The number of nitro groups is 1. The Morgan fingerprint density at radius 2 is 2.12 bits per heavy atom. The maximum atomic E-state index is 10.3. The maximum absolute atomic E-state index is 10.3. The number of carboxylic acid groups (broad SMARTS) is 1. The Balaban J connectivity index is 0.000000249. The van der Waals surface area contributed by atoms with E-state index in [9.17, 15) is 14.9 Å². The number of hydrogen-bond donors (Lipinski definition) is 1. The van der Waals surface area contributed by atoms with Crippen LogP contribution in [0, 0.1) is 10.1 Å². The highest BCUT2D eigenvalue weighted by molar-refractivity contribution is 5.79. The van der Waals surface area contributed by atoms with Gasteiger partial charge in [0.15, 0.2) is 0 Å². The fourth-order valence-electron chi connectivity index (χ4n) is 1.07. The molecule has 0 radical (unpaired) electrons. The number of benzene rings is 1. The lowest BCUT2D eigenvalue weighted by Crippen LogP contribution is -1.86. The van der Waals surface area contributed by atoms with Gasteiger partial charge in [-0.05, 0) is 12.1 Å². The van der Waals surface area contributed by atoms with Crippen LogP contribution in [0.3, 0.4) is 0 Å². The number of nitro benzene ring substituents is 1. The Kier molecular flexibility index (Phi) is 4.21. The SMILES string of the molecule is CCC(=O)O.O=[N+]([O-])c1ccc2occc2c1. The van der Waals surface area contributed by atoms with Gasteiger partial charge in [0.1, 0.15) is 5.58 Å². The summed E-state index contributed by atoms with van der Waals surface area (Å²) in [6.45, 7) is 1.60. The lowest BCUT2D eigenvalue weighted by atomic mass is 10.2. The Labute approximate surface area is 96.6 Å². The third kappa shape index (κ3) is 3.60. The molecule has 1 aromatic carbocycles. The van der Waals surface area contributed by atoms with Crippen LogP contribution >= 0.6 is 0 Å². The summed E-state index contributed by atoms with van der Waals surface area (Å²) in [6, 6.07) is 6.19. The van der Waals surface area contributed by atoms with Crippen molar-refractivity contribution in [3.63, 3.8) is 0 Å².